The van der Waals surface area contributed by atoms with Gasteiger partial charge in [0, 0.05) is 10.4 Å². The third-order valence-corrected chi connectivity index (χ3v) is 7.28. The molecule has 196 valence electrons. The number of azo groups is 1. The van der Waals surface area contributed by atoms with Crippen LogP contribution in [-0.2, 0) is 16.5 Å². The number of nitrogens with one attached hydrogen (secondary N) is 1. The van der Waals surface area contributed by atoms with Crippen LogP contribution in [0.25, 0.3) is 10.8 Å². The SMILES string of the molecule is CCc1c(Cl)cc(S(=O)(=O)O)cc1N=Nc1c(O)c(C(=O)Nc2cccc(OC)c2Cl)cc2ccccc12. The number of fused-ring (bicyclic) bond motifs is 1. The Hall–Kier alpha value is -3.70. The highest BCUT2D eigenvalue weighted by Crippen LogP contribution is 2.41. The van der Waals surface area contributed by atoms with Crippen LogP contribution in [0.3, 0.4) is 0 Å². The Bertz CT molecular complexity index is 1710. The molecule has 4 rings (SSSR count). The van der Waals surface area contributed by atoms with Crippen molar-refractivity contribution in [1.29, 1.82) is 0 Å². The first-order valence-corrected chi connectivity index (χ1v) is 13.3. The van der Waals surface area contributed by atoms with Crippen LogP contribution in [0, 0.1) is 0 Å². The topological polar surface area (TPSA) is 138 Å². The van der Waals surface area contributed by atoms with Gasteiger partial charge in [-0.1, -0.05) is 60.5 Å². The minimum absolute atomic E-state index is 0.0274. The van der Waals surface area contributed by atoms with Crippen LogP contribution in [0.1, 0.15) is 22.8 Å². The van der Waals surface area contributed by atoms with Crippen molar-refractivity contribution in [2.24, 2.45) is 10.2 Å². The summed E-state index contributed by atoms with van der Waals surface area (Å²) in [5.41, 5.74) is 0.704. The number of benzene rings is 4. The molecule has 0 aliphatic rings. The summed E-state index contributed by atoms with van der Waals surface area (Å²) >= 11 is 12.5. The molecule has 4 aromatic rings. The van der Waals surface area contributed by atoms with Gasteiger partial charge in [-0.15, -0.1) is 5.11 Å². The van der Waals surface area contributed by atoms with E-state index in [1.165, 1.54) is 13.2 Å². The minimum atomic E-state index is -4.56. The summed E-state index contributed by atoms with van der Waals surface area (Å²) in [7, 11) is -3.12. The number of rotatable bonds is 7. The molecule has 38 heavy (non-hydrogen) atoms. The summed E-state index contributed by atoms with van der Waals surface area (Å²) < 4.78 is 38.1. The Balaban J connectivity index is 1.84. The normalized spacial score (nSPS) is 11.7. The number of phenols is 1. The second kappa shape index (κ2) is 11.0. The van der Waals surface area contributed by atoms with Crippen molar-refractivity contribution < 1.29 is 27.6 Å². The lowest BCUT2D eigenvalue weighted by atomic mass is 10.0. The fourth-order valence-electron chi connectivity index (χ4n) is 3.84. The van der Waals surface area contributed by atoms with Gasteiger partial charge >= 0.3 is 0 Å². The maximum absolute atomic E-state index is 13.2. The molecule has 0 fully saturated rings. The predicted molar refractivity (Wildman–Crippen MR) is 146 cm³/mol. The van der Waals surface area contributed by atoms with Crippen molar-refractivity contribution in [3.63, 3.8) is 0 Å². The number of amides is 1. The first-order valence-electron chi connectivity index (χ1n) is 11.1. The van der Waals surface area contributed by atoms with E-state index in [0.29, 0.717) is 28.5 Å². The Morgan fingerprint density at radius 2 is 1.79 bits per heavy atom. The lowest BCUT2D eigenvalue weighted by Gasteiger charge is -2.13. The molecule has 1 amide bonds. The average molecular weight is 574 g/mol. The van der Waals surface area contributed by atoms with E-state index in [4.69, 9.17) is 27.9 Å². The third kappa shape index (κ3) is 5.44. The van der Waals surface area contributed by atoms with Crippen molar-refractivity contribution in [1.82, 2.24) is 0 Å². The molecular formula is C26H21Cl2N3O6S. The number of aromatic hydroxyl groups is 1. The summed E-state index contributed by atoms with van der Waals surface area (Å²) in [5, 5.41) is 23.4. The molecule has 4 aromatic carbocycles. The van der Waals surface area contributed by atoms with Gasteiger partial charge < -0.3 is 15.2 Å². The average Bonchev–Trinajstić information content (AvgIpc) is 2.88. The molecule has 3 N–H and O–H groups in total. The van der Waals surface area contributed by atoms with Crippen LogP contribution in [0.5, 0.6) is 11.5 Å². The number of nitrogens with zero attached hydrogens (tertiary/aromatic N) is 2. The largest absolute Gasteiger partial charge is 0.505 e. The lowest BCUT2D eigenvalue weighted by molar-refractivity contribution is 0.102. The van der Waals surface area contributed by atoms with Crippen LogP contribution in [-0.4, -0.2) is 31.1 Å². The van der Waals surface area contributed by atoms with Gasteiger partial charge in [0.15, 0.2) is 5.75 Å². The number of carbonyl (C=O) groups excluding carboxylic acids is 1. The highest BCUT2D eigenvalue weighted by Gasteiger charge is 2.21. The number of halogens is 2. The zero-order valence-electron chi connectivity index (χ0n) is 20.1. The van der Waals surface area contributed by atoms with E-state index in [-0.39, 0.29) is 32.7 Å². The van der Waals surface area contributed by atoms with E-state index in [1.54, 1.807) is 49.4 Å². The van der Waals surface area contributed by atoms with Crippen LogP contribution >= 0.6 is 23.2 Å². The van der Waals surface area contributed by atoms with Crippen LogP contribution in [0.2, 0.25) is 10.0 Å². The van der Waals surface area contributed by atoms with Gasteiger partial charge in [-0.05, 0) is 47.7 Å². The van der Waals surface area contributed by atoms with E-state index in [9.17, 15) is 22.9 Å². The number of methoxy groups -OCH3 is 1. The maximum Gasteiger partial charge on any atom is 0.294 e. The summed E-state index contributed by atoms with van der Waals surface area (Å²) in [5.74, 6) is -0.760. The molecule has 12 heteroatoms. The fourth-order valence-corrected chi connectivity index (χ4v) is 5.03. The van der Waals surface area contributed by atoms with E-state index >= 15 is 0 Å². The molecular weight excluding hydrogens is 553 g/mol. The van der Waals surface area contributed by atoms with Gasteiger partial charge in [-0.3, -0.25) is 9.35 Å². The van der Waals surface area contributed by atoms with Gasteiger partial charge in [0.1, 0.15) is 16.5 Å². The zero-order valence-corrected chi connectivity index (χ0v) is 22.4. The van der Waals surface area contributed by atoms with Gasteiger partial charge in [0.05, 0.1) is 28.9 Å². The quantitative estimate of drug-likeness (QED) is 0.156. The Kier molecular flexibility index (Phi) is 7.89. The number of hydrogen-bond donors (Lipinski definition) is 3. The van der Waals surface area contributed by atoms with Gasteiger partial charge in [-0.2, -0.15) is 13.5 Å². The van der Waals surface area contributed by atoms with Crippen molar-refractivity contribution in [2.75, 3.05) is 12.4 Å². The van der Waals surface area contributed by atoms with Crippen molar-refractivity contribution in [3.05, 3.63) is 81.8 Å². The zero-order chi connectivity index (χ0) is 27.6. The van der Waals surface area contributed by atoms with Crippen molar-refractivity contribution >= 4 is 67.1 Å². The molecule has 0 aromatic heterocycles. The van der Waals surface area contributed by atoms with E-state index in [2.05, 4.69) is 15.5 Å². The molecule has 0 heterocycles. The molecule has 0 bridgehead atoms. The molecule has 0 unspecified atom stereocenters. The maximum atomic E-state index is 13.2. The second-order valence-electron chi connectivity index (χ2n) is 8.05. The van der Waals surface area contributed by atoms with Crippen molar-refractivity contribution in [3.8, 4) is 11.5 Å². The highest BCUT2D eigenvalue weighted by molar-refractivity contribution is 7.85. The smallest absolute Gasteiger partial charge is 0.294 e. The van der Waals surface area contributed by atoms with Crippen LogP contribution < -0.4 is 10.1 Å². The molecule has 0 saturated heterocycles. The Morgan fingerprint density at radius 3 is 2.47 bits per heavy atom. The fraction of sp³-hybridized carbons (Fsp3) is 0.115. The van der Waals surface area contributed by atoms with Crippen LogP contribution in [0.15, 0.2) is 75.8 Å². The Morgan fingerprint density at radius 1 is 1.05 bits per heavy atom. The number of phenolic OH excluding ortho intramolecular Hbond substituents is 1. The van der Waals surface area contributed by atoms with Gasteiger partial charge in [0.2, 0.25) is 0 Å². The summed E-state index contributed by atoms with van der Waals surface area (Å²) in [6, 6.07) is 15.5. The highest BCUT2D eigenvalue weighted by atomic mass is 35.5. The molecule has 0 spiro atoms. The van der Waals surface area contributed by atoms with E-state index < -0.39 is 26.7 Å². The number of carbonyl (C=O) groups is 1. The van der Waals surface area contributed by atoms with Crippen LogP contribution in [0.4, 0.5) is 17.1 Å². The standard InChI is InChI=1S/C26H21Cl2N3O6S/c1-3-16-19(27)12-15(38(34,35)36)13-21(16)30-31-24-17-8-5-4-7-14(17)11-18(25(24)32)26(33)29-20-9-6-10-22(37-2)23(20)28/h4-13,32H,3H2,1-2H3,(H,29,33)(H,34,35,36). The lowest BCUT2D eigenvalue weighted by Crippen LogP contribution is -2.12. The third-order valence-electron chi connectivity index (χ3n) is 5.73. The Labute approximate surface area is 228 Å². The summed E-state index contributed by atoms with van der Waals surface area (Å²) in [6.07, 6.45) is 0.384. The van der Waals surface area contributed by atoms with E-state index in [0.717, 1.165) is 12.1 Å². The molecule has 0 atom stereocenters. The molecule has 9 nitrogen and oxygen atoms in total. The first-order chi connectivity index (χ1) is 18.0. The molecule has 0 radical (unpaired) electrons. The monoisotopic (exact) mass is 573 g/mol. The van der Waals surface area contributed by atoms with Gasteiger partial charge in [0.25, 0.3) is 16.0 Å². The number of anilines is 1. The second-order valence-corrected chi connectivity index (χ2v) is 10.3. The molecule has 0 saturated carbocycles. The van der Waals surface area contributed by atoms with Crippen molar-refractivity contribution in [2.45, 2.75) is 18.2 Å². The van der Waals surface area contributed by atoms with Gasteiger partial charge in [-0.25, -0.2) is 0 Å². The van der Waals surface area contributed by atoms with E-state index in [1.807, 2.05) is 0 Å². The first kappa shape index (κ1) is 27.3. The summed E-state index contributed by atoms with van der Waals surface area (Å²) in [4.78, 5) is 12.7. The molecule has 0 aliphatic carbocycles. The minimum Gasteiger partial charge on any atom is -0.505 e. The predicted octanol–water partition coefficient (Wildman–Crippen LogP) is 7.34. The summed E-state index contributed by atoms with van der Waals surface area (Å²) in [6.45, 7) is 1.79. The number of hydrogen-bond acceptors (Lipinski definition) is 7. The molecule has 0 aliphatic heterocycles. The number of ether oxygens (including phenoxy) is 1.